The average Bonchev–Trinajstić information content (AvgIpc) is 2.63. The maximum atomic E-state index is 11.6. The van der Waals surface area contributed by atoms with Crippen molar-refractivity contribution in [1.29, 1.82) is 0 Å². The number of H-pyrrole nitrogens is 1. The average molecular weight is 196 g/mol. The summed E-state index contributed by atoms with van der Waals surface area (Å²) in [5, 5.41) is 11.8. The molecule has 1 aliphatic rings. The molecule has 2 rings (SSSR count). The molecule has 0 atom stereocenters. The Morgan fingerprint density at radius 3 is 2.93 bits per heavy atom. The number of rotatable bonds is 3. The van der Waals surface area contributed by atoms with E-state index in [0.29, 0.717) is 18.8 Å². The summed E-state index contributed by atoms with van der Waals surface area (Å²) < 4.78 is 4.96. The third-order valence-electron chi connectivity index (χ3n) is 2.30. The molecule has 1 amide bonds. The lowest BCUT2D eigenvalue weighted by molar-refractivity contribution is -0.0919. The fraction of sp³-hybridized carbons (Fsp3) is 0.444. The van der Waals surface area contributed by atoms with Crippen molar-refractivity contribution in [2.75, 3.05) is 19.8 Å². The minimum absolute atomic E-state index is 0.0941. The zero-order valence-corrected chi connectivity index (χ0v) is 7.62. The van der Waals surface area contributed by atoms with Gasteiger partial charge in [0.05, 0.1) is 25.4 Å². The van der Waals surface area contributed by atoms with Crippen molar-refractivity contribution in [3.63, 3.8) is 0 Å². The highest BCUT2D eigenvalue weighted by Crippen LogP contribution is 2.16. The molecule has 1 saturated heterocycles. The Hall–Kier alpha value is -1.33. The summed E-state index contributed by atoms with van der Waals surface area (Å²) in [5.74, 6) is -0.191. The standard InChI is InChI=1S/C9H12N2O3/c12-4-9(5-14-6-9)11-8(13)7-1-2-10-3-7/h1-3,10,12H,4-6H2,(H,11,13). The number of amides is 1. The third-order valence-corrected chi connectivity index (χ3v) is 2.30. The maximum Gasteiger partial charge on any atom is 0.253 e. The van der Waals surface area contributed by atoms with Crippen molar-refractivity contribution in [2.24, 2.45) is 0 Å². The van der Waals surface area contributed by atoms with Gasteiger partial charge in [0.1, 0.15) is 5.54 Å². The summed E-state index contributed by atoms with van der Waals surface area (Å²) in [6.45, 7) is 0.655. The summed E-state index contributed by atoms with van der Waals surface area (Å²) >= 11 is 0. The molecule has 1 aromatic heterocycles. The molecule has 3 N–H and O–H groups in total. The first-order valence-corrected chi connectivity index (χ1v) is 4.40. The Labute approximate surface area is 81.1 Å². The second-order valence-electron chi connectivity index (χ2n) is 3.49. The number of aromatic amines is 1. The van der Waals surface area contributed by atoms with Crippen LogP contribution in [0.25, 0.3) is 0 Å². The lowest BCUT2D eigenvalue weighted by atomic mass is 9.98. The van der Waals surface area contributed by atoms with Crippen LogP contribution in [0.5, 0.6) is 0 Å². The predicted octanol–water partition coefficient (Wildman–Crippen LogP) is -0.494. The highest BCUT2D eigenvalue weighted by Gasteiger charge is 2.39. The molecule has 76 valence electrons. The molecule has 0 saturated carbocycles. The molecule has 14 heavy (non-hydrogen) atoms. The lowest BCUT2D eigenvalue weighted by Crippen LogP contribution is -2.64. The number of hydrogen-bond donors (Lipinski definition) is 3. The highest BCUT2D eigenvalue weighted by molar-refractivity contribution is 5.94. The Balaban J connectivity index is 2.01. The zero-order valence-electron chi connectivity index (χ0n) is 7.62. The number of aliphatic hydroxyl groups is 1. The van der Waals surface area contributed by atoms with Crippen LogP contribution in [0, 0.1) is 0 Å². The number of carbonyl (C=O) groups excluding carboxylic acids is 1. The second-order valence-corrected chi connectivity index (χ2v) is 3.49. The fourth-order valence-corrected chi connectivity index (χ4v) is 1.33. The Kier molecular flexibility index (Phi) is 2.26. The summed E-state index contributed by atoms with van der Waals surface area (Å²) in [5.41, 5.74) is -0.0151. The van der Waals surface area contributed by atoms with E-state index in [1.54, 1.807) is 18.5 Å². The molecule has 0 radical (unpaired) electrons. The van der Waals surface area contributed by atoms with E-state index in [1.807, 2.05) is 0 Å². The van der Waals surface area contributed by atoms with Gasteiger partial charge in [-0.05, 0) is 6.07 Å². The molecule has 1 aromatic rings. The monoisotopic (exact) mass is 196 g/mol. The van der Waals surface area contributed by atoms with E-state index in [4.69, 9.17) is 9.84 Å². The topological polar surface area (TPSA) is 74.3 Å². The molecule has 2 heterocycles. The Morgan fingerprint density at radius 1 is 1.71 bits per heavy atom. The predicted molar refractivity (Wildman–Crippen MR) is 48.9 cm³/mol. The van der Waals surface area contributed by atoms with E-state index >= 15 is 0 Å². The molecular weight excluding hydrogens is 184 g/mol. The van der Waals surface area contributed by atoms with Crippen LogP contribution in [0.3, 0.4) is 0 Å². The van der Waals surface area contributed by atoms with Gasteiger partial charge in [0, 0.05) is 12.4 Å². The van der Waals surface area contributed by atoms with E-state index in [2.05, 4.69) is 10.3 Å². The molecular formula is C9H12N2O3. The second kappa shape index (κ2) is 3.43. The molecule has 0 unspecified atom stereocenters. The van der Waals surface area contributed by atoms with Gasteiger partial charge in [-0.2, -0.15) is 0 Å². The molecule has 0 aromatic carbocycles. The van der Waals surface area contributed by atoms with Crippen LogP contribution in [0.1, 0.15) is 10.4 Å². The van der Waals surface area contributed by atoms with Crippen LogP contribution in [0.15, 0.2) is 18.5 Å². The quantitative estimate of drug-likeness (QED) is 0.610. The van der Waals surface area contributed by atoms with Crippen molar-refractivity contribution in [3.05, 3.63) is 24.0 Å². The van der Waals surface area contributed by atoms with Gasteiger partial charge in [-0.3, -0.25) is 4.79 Å². The lowest BCUT2D eigenvalue weighted by Gasteiger charge is -2.40. The summed E-state index contributed by atoms with van der Waals surface area (Å²) in [4.78, 5) is 14.4. The molecule has 0 bridgehead atoms. The number of hydrogen-bond acceptors (Lipinski definition) is 3. The van der Waals surface area contributed by atoms with Gasteiger partial charge in [0.15, 0.2) is 0 Å². The van der Waals surface area contributed by atoms with Gasteiger partial charge < -0.3 is 20.1 Å². The summed E-state index contributed by atoms with van der Waals surface area (Å²) in [7, 11) is 0. The van der Waals surface area contributed by atoms with Crippen molar-refractivity contribution in [2.45, 2.75) is 5.54 Å². The van der Waals surface area contributed by atoms with Crippen LogP contribution in [-0.4, -0.2) is 41.4 Å². The molecule has 5 heteroatoms. The number of carbonyl (C=O) groups is 1. The van der Waals surface area contributed by atoms with Crippen molar-refractivity contribution >= 4 is 5.91 Å². The Morgan fingerprint density at radius 2 is 2.50 bits per heavy atom. The normalized spacial score (nSPS) is 18.6. The number of aromatic nitrogens is 1. The van der Waals surface area contributed by atoms with E-state index in [1.165, 1.54) is 0 Å². The molecule has 1 aliphatic heterocycles. The molecule has 1 fully saturated rings. The fourth-order valence-electron chi connectivity index (χ4n) is 1.33. The van der Waals surface area contributed by atoms with Crippen LogP contribution in [0.2, 0.25) is 0 Å². The van der Waals surface area contributed by atoms with E-state index < -0.39 is 5.54 Å². The Bertz CT molecular complexity index is 311. The minimum atomic E-state index is -0.575. The van der Waals surface area contributed by atoms with Gasteiger partial charge >= 0.3 is 0 Å². The van der Waals surface area contributed by atoms with E-state index in [9.17, 15) is 4.79 Å². The third kappa shape index (κ3) is 1.51. The number of nitrogens with one attached hydrogen (secondary N) is 2. The van der Waals surface area contributed by atoms with Gasteiger partial charge in [-0.1, -0.05) is 0 Å². The SMILES string of the molecule is O=C(NC1(CO)COC1)c1cc[nH]c1. The van der Waals surface area contributed by atoms with Crippen molar-refractivity contribution in [1.82, 2.24) is 10.3 Å². The van der Waals surface area contributed by atoms with Gasteiger partial charge in [0.2, 0.25) is 0 Å². The van der Waals surface area contributed by atoms with Gasteiger partial charge in [-0.25, -0.2) is 0 Å². The van der Waals surface area contributed by atoms with Crippen LogP contribution < -0.4 is 5.32 Å². The van der Waals surface area contributed by atoms with Crippen molar-refractivity contribution < 1.29 is 14.6 Å². The number of ether oxygens (including phenoxy) is 1. The van der Waals surface area contributed by atoms with Crippen LogP contribution in [-0.2, 0) is 4.74 Å². The molecule has 5 nitrogen and oxygen atoms in total. The van der Waals surface area contributed by atoms with Gasteiger partial charge in [0.25, 0.3) is 5.91 Å². The molecule has 0 spiro atoms. The first-order chi connectivity index (χ1) is 6.76. The highest BCUT2D eigenvalue weighted by atomic mass is 16.5. The number of aliphatic hydroxyl groups excluding tert-OH is 1. The first-order valence-electron chi connectivity index (χ1n) is 4.40. The zero-order chi connectivity index (χ0) is 10.0. The smallest absolute Gasteiger partial charge is 0.253 e. The van der Waals surface area contributed by atoms with Crippen molar-refractivity contribution in [3.8, 4) is 0 Å². The van der Waals surface area contributed by atoms with E-state index in [0.717, 1.165) is 0 Å². The van der Waals surface area contributed by atoms with Crippen LogP contribution in [0.4, 0.5) is 0 Å². The minimum Gasteiger partial charge on any atom is -0.394 e. The molecule has 0 aliphatic carbocycles. The van der Waals surface area contributed by atoms with E-state index in [-0.39, 0.29) is 12.5 Å². The summed E-state index contributed by atoms with van der Waals surface area (Å²) in [6, 6.07) is 1.68. The van der Waals surface area contributed by atoms with Gasteiger partial charge in [-0.15, -0.1) is 0 Å². The maximum absolute atomic E-state index is 11.6. The van der Waals surface area contributed by atoms with Crippen LogP contribution >= 0.6 is 0 Å². The first kappa shape index (κ1) is 9.23. The largest absolute Gasteiger partial charge is 0.394 e. The summed E-state index contributed by atoms with van der Waals surface area (Å²) in [6.07, 6.45) is 3.29.